The Kier molecular flexibility index (Phi) is 8.28. The van der Waals surface area contributed by atoms with E-state index in [1.54, 1.807) is 6.92 Å². The molecule has 0 saturated heterocycles. The maximum absolute atomic E-state index is 12.8. The smallest absolute Gasteiger partial charge is 0.407 e. The summed E-state index contributed by atoms with van der Waals surface area (Å²) >= 11 is 0. The zero-order chi connectivity index (χ0) is 24.8. The van der Waals surface area contributed by atoms with E-state index in [0.29, 0.717) is 13.0 Å². The van der Waals surface area contributed by atoms with Gasteiger partial charge in [-0.05, 0) is 63.2 Å². The van der Waals surface area contributed by atoms with Crippen molar-refractivity contribution in [2.75, 3.05) is 27.2 Å². The highest BCUT2D eigenvalue weighted by molar-refractivity contribution is 5.86. The fourth-order valence-electron chi connectivity index (χ4n) is 4.10. The number of benzene rings is 2. The first-order valence-electron chi connectivity index (χ1n) is 11.5. The monoisotopic (exact) mass is 467 g/mol. The van der Waals surface area contributed by atoms with Crippen molar-refractivity contribution in [3.63, 3.8) is 0 Å². The fraction of sp³-hybridized carbons (Fsp3) is 0.423. The van der Waals surface area contributed by atoms with Crippen LogP contribution in [0, 0.1) is 5.92 Å². The first-order chi connectivity index (χ1) is 16.2. The second-order valence-electron chi connectivity index (χ2n) is 9.04. The molecular weight excluding hydrogens is 434 g/mol. The lowest BCUT2D eigenvalue weighted by Gasteiger charge is -2.24. The predicted octanol–water partition coefficient (Wildman–Crippen LogP) is 3.07. The van der Waals surface area contributed by atoms with Crippen LogP contribution < -0.4 is 10.6 Å². The minimum absolute atomic E-state index is 0.0800. The van der Waals surface area contributed by atoms with E-state index in [4.69, 9.17) is 4.74 Å². The van der Waals surface area contributed by atoms with E-state index in [2.05, 4.69) is 22.8 Å². The van der Waals surface area contributed by atoms with Crippen molar-refractivity contribution in [3.8, 4) is 11.1 Å². The van der Waals surface area contributed by atoms with Crippen molar-refractivity contribution in [2.45, 2.75) is 38.3 Å². The van der Waals surface area contributed by atoms with Crippen LogP contribution in [0.15, 0.2) is 48.5 Å². The lowest BCUT2D eigenvalue weighted by atomic mass is 9.98. The summed E-state index contributed by atoms with van der Waals surface area (Å²) in [6, 6.07) is 14.7. The van der Waals surface area contributed by atoms with E-state index < -0.39 is 36.0 Å². The highest BCUT2D eigenvalue weighted by Gasteiger charge is 2.30. The first kappa shape index (κ1) is 25.2. The van der Waals surface area contributed by atoms with Crippen LogP contribution in [0.4, 0.5) is 4.79 Å². The van der Waals surface area contributed by atoms with Crippen LogP contribution in [0.25, 0.3) is 11.1 Å². The molecule has 0 fully saturated rings. The van der Waals surface area contributed by atoms with Crippen LogP contribution in [0.2, 0.25) is 0 Å². The molecule has 1 aliphatic rings. The molecule has 2 amide bonds. The molecular formula is C26H33N3O5. The molecule has 0 heterocycles. The highest BCUT2D eigenvalue weighted by Crippen LogP contribution is 2.44. The molecule has 34 heavy (non-hydrogen) atoms. The Hall–Kier alpha value is -3.39. The van der Waals surface area contributed by atoms with Gasteiger partial charge < -0.3 is 25.4 Å². The number of rotatable bonds is 10. The molecule has 8 nitrogen and oxygen atoms in total. The van der Waals surface area contributed by atoms with Gasteiger partial charge in [-0.2, -0.15) is 0 Å². The van der Waals surface area contributed by atoms with Gasteiger partial charge >= 0.3 is 12.1 Å². The van der Waals surface area contributed by atoms with Gasteiger partial charge in [-0.15, -0.1) is 0 Å². The average Bonchev–Trinajstić information content (AvgIpc) is 3.13. The fourth-order valence-corrected chi connectivity index (χ4v) is 4.10. The summed E-state index contributed by atoms with van der Waals surface area (Å²) in [5.41, 5.74) is 4.48. The summed E-state index contributed by atoms with van der Waals surface area (Å²) in [7, 11) is 3.74. The largest absolute Gasteiger partial charge is 0.481 e. The molecule has 0 aromatic heterocycles. The predicted molar refractivity (Wildman–Crippen MR) is 130 cm³/mol. The Morgan fingerprint density at radius 2 is 1.53 bits per heavy atom. The number of aliphatic carboxylic acids is 1. The molecule has 0 saturated carbocycles. The van der Waals surface area contributed by atoms with Crippen LogP contribution in [-0.2, 0) is 14.3 Å². The second kappa shape index (κ2) is 11.2. The number of ether oxygens (including phenoxy) is 1. The van der Waals surface area contributed by atoms with E-state index in [-0.39, 0.29) is 12.5 Å². The summed E-state index contributed by atoms with van der Waals surface area (Å²) in [4.78, 5) is 38.6. The van der Waals surface area contributed by atoms with Crippen LogP contribution in [0.3, 0.4) is 0 Å². The number of carbonyl (C=O) groups is 3. The van der Waals surface area contributed by atoms with E-state index in [0.717, 1.165) is 22.3 Å². The van der Waals surface area contributed by atoms with Crippen LogP contribution in [-0.4, -0.2) is 67.3 Å². The Balaban J connectivity index is 1.65. The summed E-state index contributed by atoms with van der Waals surface area (Å²) < 4.78 is 5.58. The number of carbonyl (C=O) groups excluding carboxylic acids is 2. The molecule has 3 atom stereocenters. The van der Waals surface area contributed by atoms with Crippen molar-refractivity contribution >= 4 is 18.0 Å². The van der Waals surface area contributed by atoms with Gasteiger partial charge in [0, 0.05) is 12.0 Å². The van der Waals surface area contributed by atoms with Crippen molar-refractivity contribution in [1.82, 2.24) is 15.5 Å². The van der Waals surface area contributed by atoms with Crippen LogP contribution in [0.5, 0.6) is 0 Å². The van der Waals surface area contributed by atoms with E-state index in [1.807, 2.05) is 55.4 Å². The van der Waals surface area contributed by atoms with Gasteiger partial charge in [-0.3, -0.25) is 9.59 Å². The zero-order valence-corrected chi connectivity index (χ0v) is 20.1. The molecule has 3 N–H and O–H groups in total. The van der Waals surface area contributed by atoms with E-state index in [9.17, 15) is 19.5 Å². The molecule has 3 unspecified atom stereocenters. The molecule has 0 spiro atoms. The highest BCUT2D eigenvalue weighted by atomic mass is 16.5. The second-order valence-corrected chi connectivity index (χ2v) is 9.04. The maximum atomic E-state index is 12.8. The van der Waals surface area contributed by atoms with Crippen molar-refractivity contribution in [2.24, 2.45) is 5.92 Å². The molecule has 1 aliphatic carbocycles. The van der Waals surface area contributed by atoms with Crippen LogP contribution in [0.1, 0.15) is 37.3 Å². The van der Waals surface area contributed by atoms with Crippen molar-refractivity contribution in [1.29, 1.82) is 0 Å². The lowest BCUT2D eigenvalue weighted by molar-refractivity contribution is -0.142. The van der Waals surface area contributed by atoms with Gasteiger partial charge in [0.2, 0.25) is 5.91 Å². The topological polar surface area (TPSA) is 108 Å². The molecule has 2 aromatic carbocycles. The molecule has 182 valence electrons. The molecule has 2 aromatic rings. The van der Waals surface area contributed by atoms with Gasteiger partial charge in [0.1, 0.15) is 12.6 Å². The summed E-state index contributed by atoms with van der Waals surface area (Å²) in [5.74, 6) is -2.27. The average molecular weight is 468 g/mol. The standard InChI is InChI=1S/C26H33N3O5/c1-16(25(31)32)17(2)27-24(30)23(13-14-29(3)4)28-26(33)34-15-22-20-11-7-5-9-18(20)19-10-6-8-12-21(19)22/h5-12,16-17,22-23H,13-15H2,1-4H3,(H,27,30)(H,28,33)(H,31,32). The minimum atomic E-state index is -0.998. The number of nitrogens with one attached hydrogen (secondary N) is 2. The number of carboxylic acid groups (broad SMARTS) is 1. The maximum Gasteiger partial charge on any atom is 0.407 e. The lowest BCUT2D eigenvalue weighted by Crippen LogP contribution is -2.52. The molecule has 8 heteroatoms. The van der Waals surface area contributed by atoms with Gasteiger partial charge in [-0.25, -0.2) is 4.79 Å². The number of fused-ring (bicyclic) bond motifs is 3. The summed E-state index contributed by atoms with van der Waals surface area (Å²) in [6.07, 6.45) is -0.322. The first-order valence-corrected chi connectivity index (χ1v) is 11.5. The molecule has 0 radical (unpaired) electrons. The Morgan fingerprint density at radius 1 is 0.971 bits per heavy atom. The SMILES string of the molecule is CC(NC(=O)C(CCN(C)C)NC(=O)OCC1c2ccccc2-c2ccccc21)C(C)C(=O)O. The number of carboxylic acids is 1. The Labute approximate surface area is 200 Å². The van der Waals surface area contributed by atoms with Crippen LogP contribution >= 0.6 is 0 Å². The molecule has 3 rings (SSSR count). The Morgan fingerprint density at radius 3 is 2.06 bits per heavy atom. The van der Waals surface area contributed by atoms with Gasteiger partial charge in [-0.1, -0.05) is 48.5 Å². The van der Waals surface area contributed by atoms with Gasteiger partial charge in [0.15, 0.2) is 0 Å². The number of nitrogens with zero attached hydrogens (tertiary/aromatic N) is 1. The van der Waals surface area contributed by atoms with E-state index >= 15 is 0 Å². The number of hydrogen-bond donors (Lipinski definition) is 3. The minimum Gasteiger partial charge on any atom is -0.481 e. The summed E-state index contributed by atoms with van der Waals surface area (Å²) in [6.45, 7) is 3.87. The third kappa shape index (κ3) is 5.94. The van der Waals surface area contributed by atoms with Gasteiger partial charge in [0.25, 0.3) is 0 Å². The quantitative estimate of drug-likeness (QED) is 0.496. The normalized spacial score (nSPS) is 15.1. The van der Waals surface area contributed by atoms with Crippen molar-refractivity contribution < 1.29 is 24.2 Å². The third-order valence-electron chi connectivity index (χ3n) is 6.33. The Bertz CT molecular complexity index is 993. The number of alkyl carbamates (subject to hydrolysis) is 1. The zero-order valence-electron chi connectivity index (χ0n) is 20.1. The van der Waals surface area contributed by atoms with Gasteiger partial charge in [0.05, 0.1) is 5.92 Å². The van der Waals surface area contributed by atoms with E-state index in [1.165, 1.54) is 6.92 Å². The number of hydrogen-bond acceptors (Lipinski definition) is 5. The summed E-state index contributed by atoms with van der Waals surface area (Å²) in [5, 5.41) is 14.6. The van der Waals surface area contributed by atoms with Crippen molar-refractivity contribution in [3.05, 3.63) is 59.7 Å². The molecule has 0 aliphatic heterocycles. The number of amides is 2. The molecule has 0 bridgehead atoms. The third-order valence-corrected chi connectivity index (χ3v) is 6.33.